The van der Waals surface area contributed by atoms with Gasteiger partial charge in [-0.05, 0) is 67.9 Å². The van der Waals surface area contributed by atoms with E-state index in [0.29, 0.717) is 11.9 Å². The van der Waals surface area contributed by atoms with Crippen molar-refractivity contribution in [1.82, 2.24) is 19.8 Å². The van der Waals surface area contributed by atoms with E-state index >= 15 is 0 Å². The largest absolute Gasteiger partial charge is 0.383 e. The topological polar surface area (TPSA) is 61.5 Å². The number of nitrogen functional groups attached to an aromatic ring is 1. The predicted molar refractivity (Wildman–Crippen MR) is 135 cm³/mol. The van der Waals surface area contributed by atoms with Crippen LogP contribution in [-0.2, 0) is 0 Å². The average molecular weight is 481 g/mol. The number of rotatable bonds is 7. The molecule has 2 aliphatic heterocycles. The van der Waals surface area contributed by atoms with Gasteiger partial charge in [-0.2, -0.15) is 0 Å². The molecule has 6 nitrogen and oxygen atoms in total. The Morgan fingerprint density at radius 1 is 0.912 bits per heavy atom. The molecule has 0 aliphatic carbocycles. The van der Waals surface area contributed by atoms with E-state index in [4.69, 9.17) is 17.3 Å². The van der Waals surface area contributed by atoms with Crippen molar-refractivity contribution in [3.8, 4) is 11.1 Å². The van der Waals surface area contributed by atoms with Crippen molar-refractivity contribution >= 4 is 23.2 Å². The van der Waals surface area contributed by atoms with Crippen LogP contribution < -0.4 is 10.6 Å². The number of nitrogens with zero attached hydrogens (tertiary/aromatic N) is 5. The third-order valence-corrected chi connectivity index (χ3v) is 7.22. The highest BCUT2D eigenvalue weighted by molar-refractivity contribution is 6.30. The Kier molecular flexibility index (Phi) is 6.94. The Balaban J connectivity index is 1.33. The number of hydrogen-bond donors (Lipinski definition) is 1. The number of benzene rings is 2. The molecular weight excluding hydrogens is 451 g/mol. The minimum atomic E-state index is -0.277. The summed E-state index contributed by atoms with van der Waals surface area (Å²) in [4.78, 5) is 16.1. The fourth-order valence-corrected chi connectivity index (χ4v) is 5.05. The van der Waals surface area contributed by atoms with Crippen molar-refractivity contribution in [3.63, 3.8) is 0 Å². The summed E-state index contributed by atoms with van der Waals surface area (Å²) in [5, 5.41) is 0.768. The van der Waals surface area contributed by atoms with E-state index in [1.807, 2.05) is 12.1 Å². The molecule has 0 spiro atoms. The van der Waals surface area contributed by atoms with Gasteiger partial charge in [0.2, 0.25) is 0 Å². The van der Waals surface area contributed by atoms with Gasteiger partial charge in [0.1, 0.15) is 23.8 Å². The molecule has 3 heterocycles. The Morgan fingerprint density at radius 3 is 2.26 bits per heavy atom. The molecule has 2 aromatic carbocycles. The minimum absolute atomic E-state index is 0.277. The van der Waals surface area contributed by atoms with E-state index in [-0.39, 0.29) is 5.82 Å². The van der Waals surface area contributed by atoms with E-state index in [0.717, 1.165) is 61.1 Å². The number of aromatic nitrogens is 2. The quantitative estimate of drug-likeness (QED) is 0.538. The van der Waals surface area contributed by atoms with Crippen LogP contribution in [0.1, 0.15) is 24.4 Å². The van der Waals surface area contributed by atoms with Crippen LogP contribution >= 0.6 is 11.6 Å². The van der Waals surface area contributed by atoms with Crippen LogP contribution in [0.15, 0.2) is 54.9 Å². The minimum Gasteiger partial charge on any atom is -0.383 e. The van der Waals surface area contributed by atoms with Crippen LogP contribution in [0, 0.1) is 5.82 Å². The third-order valence-electron chi connectivity index (χ3n) is 6.97. The predicted octanol–water partition coefficient (Wildman–Crippen LogP) is 4.48. The lowest BCUT2D eigenvalue weighted by molar-refractivity contribution is 0.129. The second-order valence-corrected chi connectivity index (χ2v) is 9.48. The molecule has 1 atom stereocenters. The first-order chi connectivity index (χ1) is 16.6. The smallest absolute Gasteiger partial charge is 0.142 e. The van der Waals surface area contributed by atoms with Gasteiger partial charge in [0.15, 0.2) is 0 Å². The Labute approximate surface area is 205 Å². The van der Waals surface area contributed by atoms with Crippen LogP contribution in [0.5, 0.6) is 0 Å². The molecule has 2 N–H and O–H groups in total. The van der Waals surface area contributed by atoms with Crippen LogP contribution in [0.3, 0.4) is 0 Å². The van der Waals surface area contributed by atoms with E-state index in [9.17, 15) is 4.39 Å². The van der Waals surface area contributed by atoms with Crippen LogP contribution in [0.4, 0.5) is 16.0 Å². The highest BCUT2D eigenvalue weighted by Crippen LogP contribution is 2.35. The van der Waals surface area contributed by atoms with Gasteiger partial charge < -0.3 is 15.5 Å². The second-order valence-electron chi connectivity index (χ2n) is 9.04. The number of hydrogen-bond acceptors (Lipinski definition) is 6. The Morgan fingerprint density at radius 2 is 1.62 bits per heavy atom. The molecule has 178 valence electrons. The van der Waals surface area contributed by atoms with Crippen LogP contribution in [0.2, 0.25) is 5.02 Å². The number of anilines is 2. The maximum absolute atomic E-state index is 13.5. The molecule has 1 aromatic heterocycles. The van der Waals surface area contributed by atoms with Gasteiger partial charge in [-0.25, -0.2) is 14.4 Å². The average Bonchev–Trinajstić information content (AvgIpc) is 2.82. The molecule has 34 heavy (non-hydrogen) atoms. The maximum Gasteiger partial charge on any atom is 0.142 e. The molecule has 3 aromatic rings. The monoisotopic (exact) mass is 480 g/mol. The molecule has 0 amide bonds. The zero-order valence-corrected chi connectivity index (χ0v) is 20.0. The fourth-order valence-electron chi connectivity index (χ4n) is 4.92. The lowest BCUT2D eigenvalue weighted by Gasteiger charge is -2.41. The Bertz CT molecular complexity index is 1100. The third kappa shape index (κ3) is 5.02. The summed E-state index contributed by atoms with van der Waals surface area (Å²) in [6.07, 6.45) is 3.92. The highest BCUT2D eigenvalue weighted by atomic mass is 35.5. The lowest BCUT2D eigenvalue weighted by atomic mass is 9.99. The van der Waals surface area contributed by atoms with Crippen molar-refractivity contribution < 1.29 is 4.39 Å². The number of halogens is 2. The first-order valence-corrected chi connectivity index (χ1v) is 12.3. The van der Waals surface area contributed by atoms with Crippen LogP contribution in [0.25, 0.3) is 11.1 Å². The fraction of sp³-hybridized carbons (Fsp3) is 0.385. The Hall–Kier alpha value is -2.74. The zero-order valence-electron chi connectivity index (χ0n) is 19.2. The van der Waals surface area contributed by atoms with E-state index in [2.05, 4.69) is 36.8 Å². The molecule has 0 bridgehead atoms. The molecule has 1 unspecified atom stereocenters. The molecular formula is C26H30ClFN6. The molecule has 2 fully saturated rings. The number of nitrogens with two attached hydrogens (primary N) is 1. The normalized spacial score (nSPS) is 18.0. The van der Waals surface area contributed by atoms with E-state index in [1.165, 1.54) is 43.5 Å². The summed E-state index contributed by atoms with van der Waals surface area (Å²) in [6, 6.07) is 15.0. The summed E-state index contributed by atoms with van der Waals surface area (Å²) < 4.78 is 13.5. The van der Waals surface area contributed by atoms with Crippen molar-refractivity contribution in [2.24, 2.45) is 0 Å². The number of likely N-dealkylation sites (tertiary alicyclic amines) is 1. The van der Waals surface area contributed by atoms with Gasteiger partial charge in [0, 0.05) is 37.2 Å². The summed E-state index contributed by atoms with van der Waals surface area (Å²) in [6.45, 7) is 7.03. The summed E-state index contributed by atoms with van der Waals surface area (Å²) >= 11 is 6.16. The van der Waals surface area contributed by atoms with Gasteiger partial charge in [-0.1, -0.05) is 35.9 Å². The zero-order chi connectivity index (χ0) is 23.5. The van der Waals surface area contributed by atoms with Crippen molar-refractivity contribution in [3.05, 3.63) is 71.3 Å². The summed E-state index contributed by atoms with van der Waals surface area (Å²) in [7, 11) is 0. The van der Waals surface area contributed by atoms with Gasteiger partial charge in [0.05, 0.1) is 5.56 Å². The molecule has 0 radical (unpaired) electrons. The number of piperazine rings is 1. The summed E-state index contributed by atoms with van der Waals surface area (Å²) in [5.74, 6) is 0.941. The SMILES string of the molecule is Nc1ncnc(N2CCN(C(CCN3CCC3)c3ccc(Cl)cc3)CC2)c1-c1ccc(F)cc1. The lowest BCUT2D eigenvalue weighted by Crippen LogP contribution is -2.49. The second kappa shape index (κ2) is 10.3. The molecule has 2 aliphatic rings. The standard InChI is InChI=1S/C26H30ClFN6/c27-21-6-2-19(3-7-21)23(10-13-32-11-1-12-32)33-14-16-34(17-15-33)26-24(25(29)30-18-31-26)20-4-8-22(28)9-5-20/h2-9,18,23H,1,10-17H2,(H2,29,30,31). The van der Waals surface area contributed by atoms with Crippen LogP contribution in [-0.4, -0.2) is 65.6 Å². The highest BCUT2D eigenvalue weighted by Gasteiger charge is 2.28. The van der Waals surface area contributed by atoms with E-state index in [1.54, 1.807) is 12.1 Å². The molecule has 2 saturated heterocycles. The van der Waals surface area contributed by atoms with Crippen molar-refractivity contribution in [2.75, 3.05) is 56.4 Å². The van der Waals surface area contributed by atoms with Gasteiger partial charge in [-0.3, -0.25) is 4.90 Å². The van der Waals surface area contributed by atoms with Gasteiger partial charge >= 0.3 is 0 Å². The molecule has 5 rings (SSSR count). The van der Waals surface area contributed by atoms with E-state index < -0.39 is 0 Å². The first-order valence-electron chi connectivity index (χ1n) is 11.9. The molecule has 8 heteroatoms. The van der Waals surface area contributed by atoms with Crippen molar-refractivity contribution in [1.29, 1.82) is 0 Å². The maximum atomic E-state index is 13.5. The van der Waals surface area contributed by atoms with Crippen molar-refractivity contribution in [2.45, 2.75) is 18.9 Å². The van der Waals surface area contributed by atoms with Gasteiger partial charge in [0.25, 0.3) is 0 Å². The first kappa shape index (κ1) is 23.0. The molecule has 0 saturated carbocycles. The van der Waals surface area contributed by atoms with Gasteiger partial charge in [-0.15, -0.1) is 0 Å². The summed E-state index contributed by atoms with van der Waals surface area (Å²) in [5.41, 5.74) is 9.16.